The summed E-state index contributed by atoms with van der Waals surface area (Å²) in [5.41, 5.74) is 0.573. The van der Waals surface area contributed by atoms with E-state index in [1.54, 1.807) is 20.9 Å². The number of hydrogen-bond acceptors (Lipinski definition) is 3. The minimum Gasteiger partial charge on any atom is -0.365 e. The molecule has 1 rings (SSSR count). The SMILES string of the molecule is CN=C(NCC1CCC(C(=O)NC)O1)C(F)=C(C)C. The standard InChI is InChI=1S/C13H22FN3O2/c1-8(2)11(14)12(15-3)17-7-9-5-6-10(19-9)13(18)16-4/h9-10H,5-7H2,1-4H3,(H,15,17)(H,16,18). The first kappa shape index (κ1) is 15.6. The van der Waals surface area contributed by atoms with Crippen molar-refractivity contribution in [3.8, 4) is 0 Å². The summed E-state index contributed by atoms with van der Waals surface area (Å²) < 4.78 is 19.3. The summed E-state index contributed by atoms with van der Waals surface area (Å²) in [5, 5.41) is 5.49. The highest BCUT2D eigenvalue weighted by Crippen LogP contribution is 2.19. The number of rotatable bonds is 4. The lowest BCUT2D eigenvalue weighted by atomic mass is 10.2. The van der Waals surface area contributed by atoms with Gasteiger partial charge in [0.25, 0.3) is 0 Å². The molecule has 6 heteroatoms. The number of amidine groups is 1. The van der Waals surface area contributed by atoms with Crippen LogP contribution in [-0.2, 0) is 9.53 Å². The van der Waals surface area contributed by atoms with Gasteiger partial charge in [-0.2, -0.15) is 0 Å². The molecular formula is C13H22FN3O2. The number of amides is 1. The Morgan fingerprint density at radius 3 is 2.63 bits per heavy atom. The van der Waals surface area contributed by atoms with Gasteiger partial charge in [0.15, 0.2) is 11.7 Å². The average molecular weight is 271 g/mol. The van der Waals surface area contributed by atoms with Crippen LogP contribution in [0.1, 0.15) is 26.7 Å². The van der Waals surface area contributed by atoms with Crippen molar-refractivity contribution in [2.45, 2.75) is 38.9 Å². The molecule has 0 spiro atoms. The van der Waals surface area contributed by atoms with Gasteiger partial charge in [-0.15, -0.1) is 0 Å². The quantitative estimate of drug-likeness (QED) is 0.596. The van der Waals surface area contributed by atoms with Crippen molar-refractivity contribution in [2.75, 3.05) is 20.6 Å². The molecule has 0 aromatic rings. The molecule has 5 nitrogen and oxygen atoms in total. The van der Waals surface area contributed by atoms with E-state index in [-0.39, 0.29) is 23.7 Å². The molecule has 0 aromatic carbocycles. The van der Waals surface area contributed by atoms with Crippen LogP contribution in [0.25, 0.3) is 0 Å². The van der Waals surface area contributed by atoms with Crippen LogP contribution in [0.5, 0.6) is 0 Å². The largest absolute Gasteiger partial charge is 0.365 e. The van der Waals surface area contributed by atoms with Gasteiger partial charge >= 0.3 is 0 Å². The van der Waals surface area contributed by atoms with E-state index in [4.69, 9.17) is 4.74 Å². The molecule has 1 heterocycles. The van der Waals surface area contributed by atoms with Crippen molar-refractivity contribution in [3.63, 3.8) is 0 Å². The normalized spacial score (nSPS) is 23.1. The summed E-state index contributed by atoms with van der Waals surface area (Å²) in [7, 11) is 3.12. The Bertz CT molecular complexity index is 389. The first-order chi connectivity index (χ1) is 8.99. The maximum Gasteiger partial charge on any atom is 0.248 e. The van der Waals surface area contributed by atoms with E-state index >= 15 is 0 Å². The van der Waals surface area contributed by atoms with E-state index in [1.807, 2.05) is 0 Å². The molecule has 0 aromatic heterocycles. The monoisotopic (exact) mass is 271 g/mol. The fourth-order valence-corrected chi connectivity index (χ4v) is 1.91. The number of nitrogens with one attached hydrogen (secondary N) is 2. The van der Waals surface area contributed by atoms with Gasteiger partial charge in [-0.1, -0.05) is 0 Å². The third-order valence-electron chi connectivity index (χ3n) is 3.01. The molecule has 1 aliphatic rings. The predicted molar refractivity (Wildman–Crippen MR) is 72.8 cm³/mol. The Morgan fingerprint density at radius 1 is 1.42 bits per heavy atom. The smallest absolute Gasteiger partial charge is 0.248 e. The Kier molecular flexibility index (Phi) is 5.95. The third-order valence-corrected chi connectivity index (χ3v) is 3.01. The van der Waals surface area contributed by atoms with Crippen molar-refractivity contribution >= 4 is 11.7 Å². The molecule has 2 atom stereocenters. The van der Waals surface area contributed by atoms with Crippen LogP contribution in [0.3, 0.4) is 0 Å². The molecule has 0 saturated carbocycles. The third kappa shape index (κ3) is 4.31. The molecule has 0 radical (unpaired) electrons. The minimum absolute atomic E-state index is 0.0935. The van der Waals surface area contributed by atoms with Crippen LogP contribution in [0.2, 0.25) is 0 Å². The number of aliphatic imine (C=N–C) groups is 1. The Balaban J connectivity index is 2.46. The second kappa shape index (κ2) is 7.23. The van der Waals surface area contributed by atoms with E-state index in [1.165, 1.54) is 7.05 Å². The second-order valence-electron chi connectivity index (χ2n) is 4.71. The summed E-state index contributed by atoms with van der Waals surface area (Å²) in [6.07, 6.45) is 0.977. The zero-order chi connectivity index (χ0) is 14.4. The van der Waals surface area contributed by atoms with Gasteiger partial charge in [0.1, 0.15) is 6.10 Å². The first-order valence-corrected chi connectivity index (χ1v) is 6.40. The summed E-state index contributed by atoms with van der Waals surface area (Å²) in [5.74, 6) is -0.224. The first-order valence-electron chi connectivity index (χ1n) is 6.40. The second-order valence-corrected chi connectivity index (χ2v) is 4.71. The summed E-state index contributed by atoms with van der Waals surface area (Å²) >= 11 is 0. The van der Waals surface area contributed by atoms with Gasteiger partial charge < -0.3 is 15.4 Å². The van der Waals surface area contributed by atoms with Crippen LogP contribution in [-0.4, -0.2) is 44.6 Å². The molecule has 1 saturated heterocycles. The fourth-order valence-electron chi connectivity index (χ4n) is 1.91. The van der Waals surface area contributed by atoms with Crippen molar-refractivity contribution in [1.82, 2.24) is 10.6 Å². The molecule has 0 aliphatic carbocycles. The van der Waals surface area contributed by atoms with Gasteiger partial charge in [0, 0.05) is 20.6 Å². The highest BCUT2D eigenvalue weighted by atomic mass is 19.1. The van der Waals surface area contributed by atoms with E-state index < -0.39 is 6.10 Å². The number of halogens is 1. The molecule has 1 amide bonds. The molecular weight excluding hydrogens is 249 g/mol. The highest BCUT2D eigenvalue weighted by molar-refractivity contribution is 5.96. The van der Waals surface area contributed by atoms with Crippen LogP contribution < -0.4 is 10.6 Å². The van der Waals surface area contributed by atoms with Crippen LogP contribution in [0.4, 0.5) is 4.39 Å². The molecule has 1 fully saturated rings. The van der Waals surface area contributed by atoms with Gasteiger partial charge in [-0.25, -0.2) is 4.39 Å². The molecule has 2 N–H and O–H groups in total. The summed E-state index contributed by atoms with van der Waals surface area (Å²) in [6.45, 7) is 3.83. The fraction of sp³-hybridized carbons (Fsp3) is 0.692. The summed E-state index contributed by atoms with van der Waals surface area (Å²) in [6, 6.07) is 0. The highest BCUT2D eigenvalue weighted by Gasteiger charge is 2.30. The van der Waals surface area contributed by atoms with E-state index in [9.17, 15) is 9.18 Å². The van der Waals surface area contributed by atoms with Gasteiger partial charge in [0.2, 0.25) is 5.91 Å². The predicted octanol–water partition coefficient (Wildman–Crippen LogP) is 1.16. The van der Waals surface area contributed by atoms with Crippen molar-refractivity contribution in [1.29, 1.82) is 0 Å². The zero-order valence-corrected chi connectivity index (χ0v) is 11.9. The lowest BCUT2D eigenvalue weighted by molar-refractivity contribution is -0.131. The number of carbonyl (C=O) groups excluding carboxylic acids is 1. The number of ether oxygens (including phenoxy) is 1. The lowest BCUT2D eigenvalue weighted by Crippen LogP contribution is -2.36. The van der Waals surface area contributed by atoms with Gasteiger partial charge in [-0.3, -0.25) is 9.79 Å². The topological polar surface area (TPSA) is 62.7 Å². The molecule has 0 bridgehead atoms. The van der Waals surface area contributed by atoms with E-state index in [0.717, 1.165) is 6.42 Å². The number of carbonyl (C=O) groups is 1. The van der Waals surface area contributed by atoms with Crippen molar-refractivity contribution in [3.05, 3.63) is 11.4 Å². The maximum atomic E-state index is 13.7. The maximum absolute atomic E-state index is 13.7. The zero-order valence-electron chi connectivity index (χ0n) is 11.9. The number of allylic oxidation sites excluding steroid dienone is 1. The Labute approximate surface area is 113 Å². The van der Waals surface area contributed by atoms with E-state index in [2.05, 4.69) is 15.6 Å². The minimum atomic E-state index is -0.396. The van der Waals surface area contributed by atoms with Gasteiger partial charge in [0.05, 0.1) is 6.10 Å². The number of hydrogen-bond donors (Lipinski definition) is 2. The van der Waals surface area contributed by atoms with Gasteiger partial charge in [-0.05, 0) is 32.3 Å². The number of nitrogens with zero attached hydrogens (tertiary/aromatic N) is 1. The molecule has 19 heavy (non-hydrogen) atoms. The van der Waals surface area contributed by atoms with Crippen LogP contribution >= 0.6 is 0 Å². The van der Waals surface area contributed by atoms with Crippen LogP contribution in [0, 0.1) is 0 Å². The Hall–Kier alpha value is -1.43. The summed E-state index contributed by atoms with van der Waals surface area (Å²) in [4.78, 5) is 15.3. The van der Waals surface area contributed by atoms with Crippen molar-refractivity contribution in [2.24, 2.45) is 4.99 Å². The molecule has 108 valence electrons. The average Bonchev–Trinajstić information content (AvgIpc) is 2.87. The van der Waals surface area contributed by atoms with E-state index in [0.29, 0.717) is 18.5 Å². The van der Waals surface area contributed by atoms with Crippen molar-refractivity contribution < 1.29 is 13.9 Å². The Morgan fingerprint density at radius 2 is 2.11 bits per heavy atom. The molecule has 2 unspecified atom stereocenters. The number of likely N-dealkylation sites (N-methyl/N-ethyl adjacent to an activating group) is 1. The lowest BCUT2D eigenvalue weighted by Gasteiger charge is -2.15. The molecule has 1 aliphatic heterocycles. The van der Waals surface area contributed by atoms with Crippen LogP contribution in [0.15, 0.2) is 16.4 Å².